The third kappa shape index (κ3) is 2.92. The summed E-state index contributed by atoms with van der Waals surface area (Å²) in [6.07, 6.45) is 1.12. The van der Waals surface area contributed by atoms with E-state index < -0.39 is 8.56 Å². The fourth-order valence-electron chi connectivity index (χ4n) is 1.85. The molecule has 1 heterocycles. The van der Waals surface area contributed by atoms with Gasteiger partial charge in [0.2, 0.25) is 0 Å². The van der Waals surface area contributed by atoms with Crippen LogP contribution in [0.15, 0.2) is 11.8 Å². The van der Waals surface area contributed by atoms with Crippen LogP contribution in [0.4, 0.5) is 0 Å². The molecular formula is C11H22O4Si. The third-order valence-corrected chi connectivity index (χ3v) is 6.71. The van der Waals surface area contributed by atoms with Crippen molar-refractivity contribution in [1.29, 1.82) is 0 Å². The van der Waals surface area contributed by atoms with Crippen LogP contribution in [0.1, 0.15) is 20.3 Å². The van der Waals surface area contributed by atoms with Crippen molar-refractivity contribution in [2.75, 3.05) is 27.4 Å². The fourth-order valence-corrected chi connectivity index (χ4v) is 4.65. The lowest BCUT2D eigenvalue weighted by Crippen LogP contribution is -2.54. The van der Waals surface area contributed by atoms with Gasteiger partial charge in [0.05, 0.1) is 13.2 Å². The molecule has 0 bridgehead atoms. The second kappa shape index (κ2) is 5.93. The van der Waals surface area contributed by atoms with E-state index >= 15 is 0 Å². The summed E-state index contributed by atoms with van der Waals surface area (Å²) in [7, 11) is 0.880. The highest BCUT2D eigenvalue weighted by atomic mass is 28.4. The fraction of sp³-hybridized carbons (Fsp3) is 0.818. The first-order valence-corrected chi connectivity index (χ1v) is 7.49. The van der Waals surface area contributed by atoms with Crippen LogP contribution in [-0.2, 0) is 18.3 Å². The van der Waals surface area contributed by atoms with Crippen LogP contribution in [0.2, 0.25) is 0 Å². The molecule has 0 N–H and O–H groups in total. The maximum Gasteiger partial charge on any atom is 0.396 e. The molecule has 4 nitrogen and oxygen atoms in total. The van der Waals surface area contributed by atoms with Gasteiger partial charge >= 0.3 is 8.56 Å². The van der Waals surface area contributed by atoms with Gasteiger partial charge in [0, 0.05) is 14.2 Å². The normalized spacial score (nSPS) is 21.9. The van der Waals surface area contributed by atoms with E-state index in [2.05, 4.69) is 13.5 Å². The molecule has 1 aliphatic rings. The highest BCUT2D eigenvalue weighted by Gasteiger charge is 2.46. The van der Waals surface area contributed by atoms with E-state index in [4.69, 9.17) is 18.3 Å². The lowest BCUT2D eigenvalue weighted by atomic mass is 10.5. The highest BCUT2D eigenvalue weighted by molar-refractivity contribution is 6.75. The second-order valence-corrected chi connectivity index (χ2v) is 7.69. The van der Waals surface area contributed by atoms with Gasteiger partial charge in [0.1, 0.15) is 11.8 Å². The Kier molecular flexibility index (Phi) is 5.14. The molecule has 0 radical (unpaired) electrons. The summed E-state index contributed by atoms with van der Waals surface area (Å²) in [5.74, 6) is 0. The molecule has 0 aromatic rings. The van der Waals surface area contributed by atoms with Crippen LogP contribution in [-0.4, -0.2) is 47.8 Å². The standard InChI is InChI=1S/C11H22O4Si/c1-6-11(15-8-10-7-14-10)16(12-4,13-5)9(2)3/h10-11H,2,6-8H2,1,3-5H3. The zero-order valence-electron chi connectivity index (χ0n) is 10.6. The molecule has 0 saturated carbocycles. The molecule has 2 unspecified atom stereocenters. The molecule has 1 saturated heterocycles. The van der Waals surface area contributed by atoms with Gasteiger partial charge in [-0.05, 0) is 18.5 Å². The Morgan fingerprint density at radius 1 is 1.50 bits per heavy atom. The lowest BCUT2D eigenvalue weighted by Gasteiger charge is -2.34. The minimum Gasteiger partial charge on any atom is -0.393 e. The van der Waals surface area contributed by atoms with Crippen molar-refractivity contribution in [1.82, 2.24) is 0 Å². The second-order valence-electron chi connectivity index (χ2n) is 4.04. The Morgan fingerprint density at radius 2 is 2.06 bits per heavy atom. The molecule has 16 heavy (non-hydrogen) atoms. The number of hydrogen-bond donors (Lipinski definition) is 0. The van der Waals surface area contributed by atoms with Gasteiger partial charge in [-0.2, -0.15) is 0 Å². The zero-order chi connectivity index (χ0) is 12.2. The smallest absolute Gasteiger partial charge is 0.393 e. The van der Waals surface area contributed by atoms with E-state index in [1.807, 2.05) is 6.92 Å². The van der Waals surface area contributed by atoms with Gasteiger partial charge in [-0.3, -0.25) is 0 Å². The molecule has 1 aliphatic heterocycles. The molecule has 0 aromatic carbocycles. The summed E-state index contributed by atoms with van der Waals surface area (Å²) in [6.45, 7) is 9.42. The van der Waals surface area contributed by atoms with Crippen LogP contribution in [0.3, 0.4) is 0 Å². The molecule has 0 spiro atoms. The molecule has 0 aromatic heterocycles. The monoisotopic (exact) mass is 246 g/mol. The summed E-state index contributed by atoms with van der Waals surface area (Å²) < 4.78 is 22.2. The predicted molar refractivity (Wildman–Crippen MR) is 64.4 cm³/mol. The number of ether oxygens (including phenoxy) is 2. The summed E-state index contributed by atoms with van der Waals surface area (Å²) >= 11 is 0. The van der Waals surface area contributed by atoms with E-state index in [0.717, 1.165) is 18.2 Å². The first-order valence-electron chi connectivity index (χ1n) is 5.60. The summed E-state index contributed by atoms with van der Waals surface area (Å²) in [4.78, 5) is 0. The van der Waals surface area contributed by atoms with Crippen LogP contribution in [0.5, 0.6) is 0 Å². The van der Waals surface area contributed by atoms with Crippen molar-refractivity contribution in [3.05, 3.63) is 11.8 Å². The summed E-state index contributed by atoms with van der Waals surface area (Å²) in [5, 5.41) is 0.945. The Bertz CT molecular complexity index is 236. The maximum atomic E-state index is 5.85. The predicted octanol–water partition coefficient (Wildman–Crippen LogP) is 1.57. The van der Waals surface area contributed by atoms with Gasteiger partial charge < -0.3 is 18.3 Å². The van der Waals surface area contributed by atoms with Crippen molar-refractivity contribution in [3.8, 4) is 0 Å². The molecule has 2 atom stereocenters. The first kappa shape index (κ1) is 13.9. The molecular weight excluding hydrogens is 224 g/mol. The van der Waals surface area contributed by atoms with Crippen LogP contribution in [0, 0.1) is 0 Å². The molecule has 0 aliphatic carbocycles. The van der Waals surface area contributed by atoms with Crippen molar-refractivity contribution in [2.24, 2.45) is 0 Å². The minimum absolute atomic E-state index is 0.0239. The molecule has 1 fully saturated rings. The Hall–Kier alpha value is -0.203. The van der Waals surface area contributed by atoms with Gasteiger partial charge in [-0.25, -0.2) is 0 Å². The van der Waals surface area contributed by atoms with E-state index in [1.54, 1.807) is 14.2 Å². The molecule has 5 heteroatoms. The number of allylic oxidation sites excluding steroid dienone is 1. The average Bonchev–Trinajstić information content (AvgIpc) is 3.08. The van der Waals surface area contributed by atoms with E-state index in [9.17, 15) is 0 Å². The zero-order valence-corrected chi connectivity index (χ0v) is 11.6. The Morgan fingerprint density at radius 3 is 2.38 bits per heavy atom. The van der Waals surface area contributed by atoms with Crippen molar-refractivity contribution in [3.63, 3.8) is 0 Å². The molecule has 0 amide bonds. The van der Waals surface area contributed by atoms with Gasteiger partial charge in [-0.1, -0.05) is 13.5 Å². The van der Waals surface area contributed by atoms with E-state index in [-0.39, 0.29) is 11.8 Å². The molecule has 1 rings (SSSR count). The third-order valence-electron chi connectivity index (χ3n) is 2.88. The van der Waals surface area contributed by atoms with Crippen molar-refractivity contribution in [2.45, 2.75) is 32.1 Å². The Labute approximate surface area is 98.8 Å². The molecule has 94 valence electrons. The van der Waals surface area contributed by atoms with Crippen LogP contribution >= 0.6 is 0 Å². The van der Waals surface area contributed by atoms with Crippen molar-refractivity contribution < 1.29 is 18.3 Å². The van der Waals surface area contributed by atoms with Gasteiger partial charge in [-0.15, -0.1) is 0 Å². The first-order chi connectivity index (χ1) is 7.60. The van der Waals surface area contributed by atoms with Crippen LogP contribution in [0.25, 0.3) is 0 Å². The SMILES string of the molecule is C=C(C)[Si](OC)(OC)C(CC)OCC1CO1. The highest BCUT2D eigenvalue weighted by Crippen LogP contribution is 2.25. The number of rotatable bonds is 8. The van der Waals surface area contributed by atoms with Gasteiger partial charge in [0.15, 0.2) is 0 Å². The lowest BCUT2D eigenvalue weighted by molar-refractivity contribution is 0.0495. The minimum atomic E-state index is -2.46. The summed E-state index contributed by atoms with van der Waals surface area (Å²) in [5.41, 5.74) is -0.0239. The number of hydrogen-bond acceptors (Lipinski definition) is 4. The quantitative estimate of drug-likeness (QED) is 0.481. The average molecular weight is 246 g/mol. The number of epoxide rings is 1. The Balaban J connectivity index is 2.66. The van der Waals surface area contributed by atoms with Crippen LogP contribution < -0.4 is 0 Å². The van der Waals surface area contributed by atoms with Crippen molar-refractivity contribution >= 4 is 8.56 Å². The van der Waals surface area contributed by atoms with E-state index in [1.165, 1.54) is 0 Å². The maximum absolute atomic E-state index is 5.85. The topological polar surface area (TPSA) is 40.2 Å². The van der Waals surface area contributed by atoms with Gasteiger partial charge in [0.25, 0.3) is 0 Å². The largest absolute Gasteiger partial charge is 0.396 e. The van der Waals surface area contributed by atoms with E-state index in [0.29, 0.717) is 6.61 Å². The summed E-state index contributed by atoms with van der Waals surface area (Å²) in [6, 6.07) is 0.